The largest absolute Gasteiger partial charge is 0.493 e. The number of hydrogen-bond donors (Lipinski definition) is 1. The molecule has 1 aromatic heterocycles. The maximum Gasteiger partial charge on any atom is 0.255 e. The van der Waals surface area contributed by atoms with Gasteiger partial charge in [0.05, 0.1) is 19.9 Å². The van der Waals surface area contributed by atoms with Crippen LogP contribution in [-0.4, -0.2) is 48.1 Å². The minimum absolute atomic E-state index is 0.0283. The molecule has 6 rings (SSSR count). The molecule has 3 heterocycles. The van der Waals surface area contributed by atoms with E-state index >= 15 is 0 Å². The Morgan fingerprint density at radius 3 is 2.33 bits per heavy atom. The molecular formula is C31H28N2O5S. The van der Waals surface area contributed by atoms with Crippen LogP contribution in [0.15, 0.2) is 79.0 Å². The molecule has 1 fully saturated rings. The van der Waals surface area contributed by atoms with Crippen molar-refractivity contribution in [3.05, 3.63) is 101 Å². The first kappa shape index (κ1) is 25.1. The van der Waals surface area contributed by atoms with Crippen LogP contribution in [0.2, 0.25) is 0 Å². The Hall–Kier alpha value is -4.17. The van der Waals surface area contributed by atoms with Crippen LogP contribution in [0.4, 0.5) is 5.69 Å². The first-order valence-electron chi connectivity index (χ1n) is 12.8. The van der Waals surface area contributed by atoms with E-state index in [-0.39, 0.29) is 23.7 Å². The first-order valence-corrected chi connectivity index (χ1v) is 13.9. The van der Waals surface area contributed by atoms with E-state index in [1.54, 1.807) is 32.4 Å². The molecule has 0 bridgehead atoms. The summed E-state index contributed by atoms with van der Waals surface area (Å²) in [6.45, 7) is 0. The van der Waals surface area contributed by atoms with Crippen LogP contribution in [0.1, 0.15) is 44.3 Å². The number of anilines is 1. The molecule has 7 nitrogen and oxygen atoms in total. The lowest BCUT2D eigenvalue weighted by molar-refractivity contribution is 0.0977. The number of Topliss-reactive ketones (excluding diaryl/α,β-unsaturated/α-hetero) is 1. The molecule has 2 aliphatic heterocycles. The SMILES string of the molecule is COc1cc2c(cc1OC)-n1cccc1[C@@H](c1ccc(NC(=O)c3ccc(OC4CSC4)cc3)cc1)CC2=O. The van der Waals surface area contributed by atoms with E-state index in [4.69, 9.17) is 14.2 Å². The number of ether oxygens (including phenoxy) is 3. The standard InChI is InChI=1S/C31H28N2O5S/c1-36-29-15-25-27(16-30(29)37-2)33-13-3-4-26(33)24(14-28(25)34)19-5-9-21(10-6-19)32-31(35)20-7-11-22(12-8-20)38-23-17-39-18-23/h3-13,15-16,23-24H,14,17-18H2,1-2H3,(H,32,35)/t24-/m1/s1. The number of aromatic nitrogens is 1. The van der Waals surface area contributed by atoms with Crippen molar-refractivity contribution < 1.29 is 23.8 Å². The van der Waals surface area contributed by atoms with Crippen molar-refractivity contribution >= 4 is 29.1 Å². The molecule has 198 valence electrons. The number of carbonyl (C=O) groups excluding carboxylic acids is 2. The number of carbonyl (C=O) groups is 2. The number of nitrogens with zero attached hydrogens (tertiary/aromatic N) is 1. The molecule has 2 aliphatic rings. The maximum absolute atomic E-state index is 13.4. The van der Waals surface area contributed by atoms with Crippen molar-refractivity contribution in [1.82, 2.24) is 4.57 Å². The predicted octanol–water partition coefficient (Wildman–Crippen LogP) is 5.96. The minimum Gasteiger partial charge on any atom is -0.493 e. The van der Waals surface area contributed by atoms with Crippen LogP contribution in [-0.2, 0) is 0 Å². The van der Waals surface area contributed by atoms with Crippen molar-refractivity contribution in [3.8, 4) is 22.9 Å². The Morgan fingerprint density at radius 1 is 0.949 bits per heavy atom. The van der Waals surface area contributed by atoms with Gasteiger partial charge in [-0.1, -0.05) is 12.1 Å². The maximum atomic E-state index is 13.4. The zero-order chi connectivity index (χ0) is 26.9. The first-order chi connectivity index (χ1) is 19.0. The van der Waals surface area contributed by atoms with Gasteiger partial charge in [0.25, 0.3) is 5.91 Å². The number of benzene rings is 3. The molecule has 0 aliphatic carbocycles. The summed E-state index contributed by atoms with van der Waals surface area (Å²) in [7, 11) is 3.15. The van der Waals surface area contributed by atoms with Gasteiger partial charge in [-0.15, -0.1) is 0 Å². The van der Waals surface area contributed by atoms with E-state index in [1.165, 1.54) is 0 Å². The van der Waals surface area contributed by atoms with Gasteiger partial charge in [0, 0.05) is 58.6 Å². The van der Waals surface area contributed by atoms with Crippen LogP contribution in [0.5, 0.6) is 17.2 Å². The van der Waals surface area contributed by atoms with Gasteiger partial charge < -0.3 is 24.1 Å². The van der Waals surface area contributed by atoms with Crippen molar-refractivity contribution in [2.45, 2.75) is 18.4 Å². The summed E-state index contributed by atoms with van der Waals surface area (Å²) in [4.78, 5) is 26.2. The summed E-state index contributed by atoms with van der Waals surface area (Å²) in [6, 6.07) is 22.5. The number of fused-ring (bicyclic) bond motifs is 3. The average molecular weight is 541 g/mol. The Bertz CT molecular complexity index is 1520. The van der Waals surface area contributed by atoms with E-state index in [0.29, 0.717) is 34.7 Å². The van der Waals surface area contributed by atoms with E-state index in [9.17, 15) is 9.59 Å². The lowest BCUT2D eigenvalue weighted by Crippen LogP contribution is -2.31. The zero-order valence-corrected chi connectivity index (χ0v) is 22.5. The fourth-order valence-electron chi connectivity index (χ4n) is 5.04. The summed E-state index contributed by atoms with van der Waals surface area (Å²) in [5.41, 5.74) is 4.61. The summed E-state index contributed by atoms with van der Waals surface area (Å²) in [5.74, 6) is 3.58. The van der Waals surface area contributed by atoms with Crippen molar-refractivity contribution in [2.24, 2.45) is 0 Å². The second kappa shape index (κ2) is 10.5. The third-order valence-electron chi connectivity index (χ3n) is 7.19. The normalized spacial score (nSPS) is 16.4. The Balaban J connectivity index is 1.21. The van der Waals surface area contributed by atoms with Gasteiger partial charge in [-0.3, -0.25) is 9.59 Å². The number of methoxy groups -OCH3 is 2. The summed E-state index contributed by atoms with van der Waals surface area (Å²) < 4.78 is 18.8. The molecule has 1 amide bonds. The van der Waals surface area contributed by atoms with Crippen LogP contribution in [0, 0.1) is 0 Å². The highest BCUT2D eigenvalue weighted by Gasteiger charge is 2.30. The number of hydrogen-bond acceptors (Lipinski definition) is 6. The zero-order valence-electron chi connectivity index (χ0n) is 21.7. The molecule has 0 unspecified atom stereocenters. The topological polar surface area (TPSA) is 78.8 Å². The van der Waals surface area contributed by atoms with Crippen molar-refractivity contribution in [2.75, 3.05) is 31.0 Å². The third kappa shape index (κ3) is 4.88. The highest BCUT2D eigenvalue weighted by atomic mass is 32.2. The number of rotatable bonds is 7. The van der Waals surface area contributed by atoms with Gasteiger partial charge in [-0.2, -0.15) is 11.8 Å². The van der Waals surface area contributed by atoms with Gasteiger partial charge in [0.1, 0.15) is 11.9 Å². The smallest absolute Gasteiger partial charge is 0.255 e. The van der Waals surface area contributed by atoms with E-state index in [2.05, 4.69) is 5.32 Å². The predicted molar refractivity (Wildman–Crippen MR) is 152 cm³/mol. The van der Waals surface area contributed by atoms with E-state index in [0.717, 1.165) is 34.2 Å². The number of ketones is 1. The summed E-state index contributed by atoms with van der Waals surface area (Å²) in [6.07, 6.45) is 2.54. The molecule has 0 spiro atoms. The Labute approximate surface area is 231 Å². The molecule has 0 saturated carbocycles. The van der Waals surface area contributed by atoms with Gasteiger partial charge >= 0.3 is 0 Å². The molecular weight excluding hydrogens is 512 g/mol. The van der Waals surface area contributed by atoms with Crippen molar-refractivity contribution in [3.63, 3.8) is 0 Å². The number of nitrogens with one attached hydrogen (secondary N) is 1. The van der Waals surface area contributed by atoms with Crippen LogP contribution in [0.3, 0.4) is 0 Å². The average Bonchev–Trinajstić information content (AvgIpc) is 3.39. The van der Waals surface area contributed by atoms with Gasteiger partial charge in [0.2, 0.25) is 0 Å². The quantitative estimate of drug-likeness (QED) is 0.312. The lowest BCUT2D eigenvalue weighted by atomic mass is 9.90. The molecule has 1 atom stereocenters. The molecule has 39 heavy (non-hydrogen) atoms. The molecule has 8 heteroatoms. The summed E-state index contributed by atoms with van der Waals surface area (Å²) in [5, 5.41) is 2.96. The second-order valence-corrected chi connectivity index (χ2v) is 10.7. The van der Waals surface area contributed by atoms with E-state index in [1.807, 2.05) is 77.1 Å². The molecule has 3 aromatic carbocycles. The Morgan fingerprint density at radius 2 is 1.67 bits per heavy atom. The highest BCUT2D eigenvalue weighted by Crippen LogP contribution is 2.40. The van der Waals surface area contributed by atoms with Crippen LogP contribution >= 0.6 is 11.8 Å². The number of thioether (sulfide) groups is 1. The highest BCUT2D eigenvalue weighted by molar-refractivity contribution is 8.00. The molecule has 4 aromatic rings. The summed E-state index contributed by atoms with van der Waals surface area (Å²) >= 11 is 1.87. The second-order valence-electron chi connectivity index (χ2n) is 9.59. The molecule has 0 radical (unpaired) electrons. The lowest BCUT2D eigenvalue weighted by Gasteiger charge is -2.25. The molecule has 1 N–H and O–H groups in total. The van der Waals surface area contributed by atoms with E-state index < -0.39 is 0 Å². The van der Waals surface area contributed by atoms with Crippen LogP contribution < -0.4 is 19.5 Å². The minimum atomic E-state index is -0.189. The third-order valence-corrected chi connectivity index (χ3v) is 8.40. The monoisotopic (exact) mass is 540 g/mol. The fraction of sp³-hybridized carbons (Fsp3) is 0.226. The van der Waals surface area contributed by atoms with Crippen molar-refractivity contribution in [1.29, 1.82) is 0 Å². The van der Waals surface area contributed by atoms with Gasteiger partial charge in [-0.05, 0) is 60.2 Å². The van der Waals surface area contributed by atoms with Gasteiger partial charge in [0.15, 0.2) is 17.3 Å². The molecule has 1 saturated heterocycles. The van der Waals surface area contributed by atoms with Crippen LogP contribution in [0.25, 0.3) is 5.69 Å². The fourth-order valence-corrected chi connectivity index (χ4v) is 5.60. The van der Waals surface area contributed by atoms with Gasteiger partial charge in [-0.25, -0.2) is 0 Å². The number of amides is 1. The Kier molecular flexibility index (Phi) is 6.79.